The summed E-state index contributed by atoms with van der Waals surface area (Å²) in [4.78, 5) is 13.2. The lowest BCUT2D eigenvalue weighted by Crippen LogP contribution is -2.28. The van der Waals surface area contributed by atoms with Gasteiger partial charge in [0.1, 0.15) is 15.6 Å². The van der Waals surface area contributed by atoms with E-state index in [0.29, 0.717) is 22.4 Å². The van der Waals surface area contributed by atoms with Crippen molar-refractivity contribution in [3.8, 4) is 11.1 Å². The van der Waals surface area contributed by atoms with Crippen LogP contribution in [0.5, 0.6) is 0 Å². The lowest BCUT2D eigenvalue weighted by Gasteiger charge is -2.21. The van der Waals surface area contributed by atoms with Gasteiger partial charge < -0.3 is 5.32 Å². The topological polar surface area (TPSA) is 66.5 Å². The van der Waals surface area contributed by atoms with Gasteiger partial charge in [-0.2, -0.15) is 0 Å². The molecule has 3 aromatic carbocycles. The Kier molecular flexibility index (Phi) is 6.54. The Hall–Kier alpha value is -3.49. The van der Waals surface area contributed by atoms with Crippen LogP contribution in [0.15, 0.2) is 83.1 Å². The maximum Gasteiger partial charge on any atom is 0.267 e. The molecule has 0 bridgehead atoms. The van der Waals surface area contributed by atoms with Crippen LogP contribution >= 0.6 is 11.3 Å². The number of sulfonamides is 1. The van der Waals surface area contributed by atoms with E-state index in [1.54, 1.807) is 54.8 Å². The molecule has 0 saturated carbocycles. The van der Waals surface area contributed by atoms with Gasteiger partial charge in [-0.3, -0.25) is 9.10 Å². The summed E-state index contributed by atoms with van der Waals surface area (Å²) in [5, 5.41) is 4.30. The number of carbonyl (C=O) groups excluding carboxylic acids is 1. The van der Waals surface area contributed by atoms with Crippen LogP contribution < -0.4 is 9.62 Å². The van der Waals surface area contributed by atoms with E-state index in [2.05, 4.69) is 5.32 Å². The highest BCUT2D eigenvalue weighted by Gasteiger charge is 2.32. The molecule has 4 aromatic rings. The molecule has 8 heteroatoms. The van der Waals surface area contributed by atoms with E-state index in [1.165, 1.54) is 17.4 Å². The van der Waals surface area contributed by atoms with Gasteiger partial charge in [0.25, 0.3) is 15.9 Å². The molecule has 0 atom stereocenters. The molecule has 1 aromatic heterocycles. The molecule has 0 aliphatic rings. The maximum atomic E-state index is 14.0. The van der Waals surface area contributed by atoms with Gasteiger partial charge in [-0.25, -0.2) is 12.8 Å². The molecule has 5 nitrogen and oxygen atoms in total. The molecule has 174 valence electrons. The molecule has 0 fully saturated rings. The van der Waals surface area contributed by atoms with Gasteiger partial charge in [0.15, 0.2) is 0 Å². The first-order chi connectivity index (χ1) is 16.2. The van der Waals surface area contributed by atoms with Crippen molar-refractivity contribution in [3.63, 3.8) is 0 Å². The van der Waals surface area contributed by atoms with Crippen molar-refractivity contribution in [2.75, 3.05) is 16.7 Å². The van der Waals surface area contributed by atoms with Crippen molar-refractivity contribution in [2.45, 2.75) is 18.7 Å². The number of aryl methyl sites for hydroxylation is 2. The monoisotopic (exact) mass is 494 g/mol. The molecule has 0 saturated heterocycles. The Morgan fingerprint density at radius 3 is 2.38 bits per heavy atom. The maximum absolute atomic E-state index is 14.0. The lowest BCUT2D eigenvalue weighted by molar-refractivity contribution is 0.102. The average Bonchev–Trinajstić information content (AvgIpc) is 3.28. The number of halogens is 1. The smallest absolute Gasteiger partial charge is 0.267 e. The van der Waals surface area contributed by atoms with Crippen LogP contribution in [-0.4, -0.2) is 21.4 Å². The number of amides is 1. The molecule has 4 rings (SSSR count). The summed E-state index contributed by atoms with van der Waals surface area (Å²) in [6.07, 6.45) is 0. The Morgan fingerprint density at radius 1 is 0.971 bits per heavy atom. The van der Waals surface area contributed by atoms with Gasteiger partial charge in [0.05, 0.1) is 5.69 Å². The third-order valence-electron chi connectivity index (χ3n) is 5.45. The van der Waals surface area contributed by atoms with Crippen LogP contribution in [0.2, 0.25) is 0 Å². The van der Waals surface area contributed by atoms with E-state index < -0.39 is 21.7 Å². The fourth-order valence-electron chi connectivity index (χ4n) is 3.53. The molecule has 0 aliphatic carbocycles. The van der Waals surface area contributed by atoms with Crippen molar-refractivity contribution in [2.24, 2.45) is 0 Å². The molecular weight excluding hydrogens is 471 g/mol. The summed E-state index contributed by atoms with van der Waals surface area (Å²) in [6.45, 7) is 3.50. The van der Waals surface area contributed by atoms with Crippen molar-refractivity contribution in [3.05, 3.63) is 100.0 Å². The SMILES string of the molecule is Cc1cccc(N(C)S(=O)(=O)c2c(-c3ccccc3)csc2C(=O)Nc2ccc(C)c(F)c2)c1. The largest absolute Gasteiger partial charge is 0.321 e. The zero-order valence-corrected chi connectivity index (χ0v) is 20.5. The first-order valence-electron chi connectivity index (χ1n) is 10.5. The molecule has 1 amide bonds. The summed E-state index contributed by atoms with van der Waals surface area (Å²) < 4.78 is 42.9. The number of hydrogen-bond acceptors (Lipinski definition) is 4. The van der Waals surface area contributed by atoms with E-state index in [1.807, 2.05) is 31.2 Å². The lowest BCUT2D eigenvalue weighted by atomic mass is 10.1. The van der Waals surface area contributed by atoms with Crippen molar-refractivity contribution < 1.29 is 17.6 Å². The number of rotatable bonds is 6. The van der Waals surface area contributed by atoms with Crippen LogP contribution in [0.3, 0.4) is 0 Å². The quantitative estimate of drug-likeness (QED) is 0.345. The van der Waals surface area contributed by atoms with E-state index in [9.17, 15) is 17.6 Å². The van der Waals surface area contributed by atoms with Gasteiger partial charge in [0, 0.05) is 23.7 Å². The summed E-state index contributed by atoms with van der Waals surface area (Å²) in [7, 11) is -2.65. The minimum Gasteiger partial charge on any atom is -0.321 e. The Labute approximate surface area is 202 Å². The predicted octanol–water partition coefficient (Wildman–Crippen LogP) is 6.25. The molecule has 0 unspecified atom stereocenters. The highest BCUT2D eigenvalue weighted by atomic mass is 32.2. The molecule has 1 heterocycles. The van der Waals surface area contributed by atoms with E-state index >= 15 is 0 Å². The Balaban J connectivity index is 1.83. The minimum absolute atomic E-state index is 0.0272. The zero-order chi connectivity index (χ0) is 24.5. The standard InChI is InChI=1S/C26H23FN2O3S2/c1-17-8-7-11-21(14-17)29(3)34(31,32)25-22(19-9-5-4-6-10-19)16-33-24(25)26(30)28-20-13-12-18(2)23(27)15-20/h4-16H,1-3H3,(H,28,30). The summed E-state index contributed by atoms with van der Waals surface area (Å²) in [6, 6.07) is 20.5. The third-order valence-corrected chi connectivity index (χ3v) is 8.43. The number of anilines is 2. The Bertz CT molecular complexity index is 1460. The van der Waals surface area contributed by atoms with Crippen LogP contribution in [-0.2, 0) is 10.0 Å². The van der Waals surface area contributed by atoms with E-state index in [4.69, 9.17) is 0 Å². The number of nitrogens with zero attached hydrogens (tertiary/aromatic N) is 1. The first-order valence-corrected chi connectivity index (χ1v) is 12.8. The van der Waals surface area contributed by atoms with Crippen LogP contribution in [0.4, 0.5) is 15.8 Å². The second-order valence-corrected chi connectivity index (χ2v) is 10.7. The number of nitrogens with one attached hydrogen (secondary N) is 1. The van der Waals surface area contributed by atoms with E-state index in [-0.39, 0.29) is 15.5 Å². The number of carbonyl (C=O) groups is 1. The molecule has 0 spiro atoms. The molecule has 0 aliphatic heterocycles. The highest BCUT2D eigenvalue weighted by molar-refractivity contribution is 7.93. The minimum atomic E-state index is -4.12. The fraction of sp³-hybridized carbons (Fsp3) is 0.115. The average molecular weight is 495 g/mol. The van der Waals surface area contributed by atoms with Crippen molar-refractivity contribution >= 4 is 38.6 Å². The van der Waals surface area contributed by atoms with Gasteiger partial charge >= 0.3 is 0 Å². The van der Waals surface area contributed by atoms with Crippen molar-refractivity contribution in [1.29, 1.82) is 0 Å². The first kappa shape index (κ1) is 23.7. The second-order valence-electron chi connectivity index (χ2n) is 7.90. The van der Waals surface area contributed by atoms with Crippen molar-refractivity contribution in [1.82, 2.24) is 0 Å². The van der Waals surface area contributed by atoms with Gasteiger partial charge in [0.2, 0.25) is 0 Å². The summed E-state index contributed by atoms with van der Waals surface area (Å²) >= 11 is 1.04. The zero-order valence-electron chi connectivity index (χ0n) is 18.9. The van der Waals surface area contributed by atoms with Crippen LogP contribution in [0.1, 0.15) is 20.8 Å². The molecule has 1 N–H and O–H groups in total. The van der Waals surface area contributed by atoms with Gasteiger partial charge in [-0.1, -0.05) is 48.5 Å². The highest BCUT2D eigenvalue weighted by Crippen LogP contribution is 2.38. The fourth-order valence-corrected chi connectivity index (χ4v) is 6.38. The third kappa shape index (κ3) is 4.60. The second kappa shape index (κ2) is 9.40. The van der Waals surface area contributed by atoms with E-state index in [0.717, 1.165) is 16.9 Å². The van der Waals surface area contributed by atoms with Gasteiger partial charge in [-0.15, -0.1) is 11.3 Å². The normalized spacial score (nSPS) is 11.3. The Morgan fingerprint density at radius 2 is 1.71 bits per heavy atom. The molecule has 34 heavy (non-hydrogen) atoms. The number of thiophene rings is 1. The van der Waals surface area contributed by atoms with Crippen LogP contribution in [0.25, 0.3) is 11.1 Å². The number of benzene rings is 3. The summed E-state index contributed by atoms with van der Waals surface area (Å²) in [5.74, 6) is -1.08. The summed E-state index contributed by atoms with van der Waals surface area (Å²) in [5.41, 5.74) is 3.20. The number of hydrogen-bond donors (Lipinski definition) is 1. The molecule has 0 radical (unpaired) electrons. The van der Waals surface area contributed by atoms with Gasteiger partial charge in [-0.05, 0) is 54.8 Å². The predicted molar refractivity (Wildman–Crippen MR) is 136 cm³/mol. The van der Waals surface area contributed by atoms with Crippen LogP contribution in [0, 0.1) is 19.7 Å². The molecular formula is C26H23FN2O3S2.